The first kappa shape index (κ1) is 15.9. The predicted molar refractivity (Wildman–Crippen MR) is 93.5 cm³/mol. The Labute approximate surface area is 143 Å². The SMILES string of the molecule is CN1CCN(C2=NC(=O)C(=Cc3ccc(Cl)cc3Cl)S2)CC1. The fourth-order valence-corrected chi connectivity index (χ4v) is 3.71. The van der Waals surface area contributed by atoms with Crippen molar-refractivity contribution in [3.8, 4) is 0 Å². The summed E-state index contributed by atoms with van der Waals surface area (Å²) >= 11 is 13.5. The largest absolute Gasteiger partial charge is 0.348 e. The number of amides is 1. The van der Waals surface area contributed by atoms with E-state index in [1.54, 1.807) is 24.3 Å². The lowest BCUT2D eigenvalue weighted by atomic mass is 10.2. The second-order valence-corrected chi connectivity index (χ2v) is 7.12. The van der Waals surface area contributed by atoms with E-state index in [0.717, 1.165) is 36.9 Å². The molecule has 1 amide bonds. The molecule has 0 aromatic heterocycles. The maximum absolute atomic E-state index is 12.1. The number of amidine groups is 1. The first-order valence-electron chi connectivity index (χ1n) is 6.94. The molecule has 2 heterocycles. The molecule has 0 aliphatic carbocycles. The van der Waals surface area contributed by atoms with E-state index in [4.69, 9.17) is 23.2 Å². The summed E-state index contributed by atoms with van der Waals surface area (Å²) in [5, 5.41) is 1.89. The highest BCUT2D eigenvalue weighted by molar-refractivity contribution is 8.18. The van der Waals surface area contributed by atoms with E-state index >= 15 is 0 Å². The van der Waals surface area contributed by atoms with Crippen molar-refractivity contribution in [2.24, 2.45) is 4.99 Å². The van der Waals surface area contributed by atoms with Crippen molar-refractivity contribution >= 4 is 52.1 Å². The Hall–Kier alpha value is -1.01. The summed E-state index contributed by atoms with van der Waals surface area (Å²) < 4.78 is 0. The van der Waals surface area contributed by atoms with Crippen LogP contribution in [0.3, 0.4) is 0 Å². The van der Waals surface area contributed by atoms with Crippen molar-refractivity contribution in [1.29, 1.82) is 0 Å². The molecule has 0 bridgehead atoms. The van der Waals surface area contributed by atoms with Crippen LogP contribution in [0.25, 0.3) is 6.08 Å². The molecule has 0 spiro atoms. The summed E-state index contributed by atoms with van der Waals surface area (Å²) in [4.78, 5) is 21.3. The van der Waals surface area contributed by atoms with Crippen molar-refractivity contribution in [1.82, 2.24) is 9.80 Å². The molecule has 3 rings (SSSR count). The molecule has 0 atom stereocenters. The summed E-state index contributed by atoms with van der Waals surface area (Å²) in [6, 6.07) is 5.23. The number of nitrogens with zero attached hydrogens (tertiary/aromatic N) is 3. The molecular weight excluding hydrogens is 341 g/mol. The van der Waals surface area contributed by atoms with Crippen LogP contribution in [0.1, 0.15) is 5.56 Å². The Morgan fingerprint density at radius 2 is 1.95 bits per heavy atom. The molecule has 4 nitrogen and oxygen atoms in total. The van der Waals surface area contributed by atoms with E-state index in [-0.39, 0.29) is 5.91 Å². The number of thioether (sulfide) groups is 1. The first-order valence-corrected chi connectivity index (χ1v) is 8.51. The van der Waals surface area contributed by atoms with Crippen molar-refractivity contribution in [3.63, 3.8) is 0 Å². The normalized spacial score (nSPS) is 21.6. The number of carbonyl (C=O) groups excluding carboxylic acids is 1. The third kappa shape index (κ3) is 3.49. The summed E-state index contributed by atoms with van der Waals surface area (Å²) in [5.74, 6) is -0.204. The van der Waals surface area contributed by atoms with Gasteiger partial charge in [-0.3, -0.25) is 4.79 Å². The van der Waals surface area contributed by atoms with E-state index in [0.29, 0.717) is 15.0 Å². The average Bonchev–Trinajstić information content (AvgIpc) is 2.84. The van der Waals surface area contributed by atoms with Gasteiger partial charge in [0.15, 0.2) is 5.17 Å². The maximum Gasteiger partial charge on any atom is 0.286 e. The monoisotopic (exact) mass is 355 g/mol. The van der Waals surface area contributed by atoms with Gasteiger partial charge in [0.1, 0.15) is 0 Å². The third-order valence-corrected chi connectivity index (χ3v) is 5.24. The Balaban J connectivity index is 1.75. The number of aliphatic imine (C=N–C) groups is 1. The molecule has 2 aliphatic heterocycles. The fraction of sp³-hybridized carbons (Fsp3) is 0.333. The van der Waals surface area contributed by atoms with Crippen LogP contribution in [0.4, 0.5) is 0 Å². The second kappa shape index (κ2) is 6.62. The number of hydrogen-bond acceptors (Lipinski definition) is 4. The van der Waals surface area contributed by atoms with Gasteiger partial charge in [-0.2, -0.15) is 4.99 Å². The number of piperazine rings is 1. The van der Waals surface area contributed by atoms with Crippen molar-refractivity contribution < 1.29 is 4.79 Å². The molecule has 0 saturated carbocycles. The molecule has 1 aromatic rings. The van der Waals surface area contributed by atoms with Crippen molar-refractivity contribution in [2.45, 2.75) is 0 Å². The zero-order chi connectivity index (χ0) is 15.7. The third-order valence-electron chi connectivity index (χ3n) is 3.63. The van der Waals surface area contributed by atoms with E-state index in [2.05, 4.69) is 21.8 Å². The number of halogens is 2. The van der Waals surface area contributed by atoms with Crippen molar-refractivity contribution in [2.75, 3.05) is 33.2 Å². The van der Waals surface area contributed by atoms with E-state index in [1.165, 1.54) is 11.8 Å². The molecule has 0 N–H and O–H groups in total. The quantitative estimate of drug-likeness (QED) is 0.724. The molecule has 1 fully saturated rings. The lowest BCUT2D eigenvalue weighted by molar-refractivity contribution is -0.113. The second-order valence-electron chi connectivity index (χ2n) is 5.27. The Morgan fingerprint density at radius 3 is 2.64 bits per heavy atom. The van der Waals surface area contributed by atoms with Crippen LogP contribution in [-0.4, -0.2) is 54.1 Å². The van der Waals surface area contributed by atoms with Gasteiger partial charge in [-0.15, -0.1) is 0 Å². The van der Waals surface area contributed by atoms with Gasteiger partial charge >= 0.3 is 0 Å². The zero-order valence-corrected chi connectivity index (χ0v) is 14.4. The Morgan fingerprint density at radius 1 is 1.23 bits per heavy atom. The highest BCUT2D eigenvalue weighted by Crippen LogP contribution is 2.32. The number of hydrogen-bond donors (Lipinski definition) is 0. The molecule has 0 radical (unpaired) electrons. The fourth-order valence-electron chi connectivity index (χ4n) is 2.29. The lowest BCUT2D eigenvalue weighted by Gasteiger charge is -2.32. The van der Waals surface area contributed by atoms with E-state index in [9.17, 15) is 4.79 Å². The molecule has 2 aliphatic rings. The van der Waals surface area contributed by atoms with Crippen LogP contribution in [0, 0.1) is 0 Å². The van der Waals surface area contributed by atoms with Crippen molar-refractivity contribution in [3.05, 3.63) is 38.7 Å². The average molecular weight is 356 g/mol. The summed E-state index contributed by atoms with van der Waals surface area (Å²) in [7, 11) is 2.10. The zero-order valence-electron chi connectivity index (χ0n) is 12.1. The molecule has 116 valence electrons. The van der Waals surface area contributed by atoms with E-state index < -0.39 is 0 Å². The van der Waals surface area contributed by atoms with E-state index in [1.807, 2.05) is 0 Å². The minimum absolute atomic E-state index is 0.204. The number of benzene rings is 1. The predicted octanol–water partition coefficient (Wildman–Crippen LogP) is 3.21. The summed E-state index contributed by atoms with van der Waals surface area (Å²) in [6.07, 6.45) is 1.78. The molecule has 22 heavy (non-hydrogen) atoms. The summed E-state index contributed by atoms with van der Waals surface area (Å²) in [5.41, 5.74) is 0.775. The van der Waals surface area contributed by atoms with Crippen LogP contribution < -0.4 is 0 Å². The topological polar surface area (TPSA) is 35.9 Å². The van der Waals surface area contributed by atoms with Gasteiger partial charge in [0.05, 0.1) is 4.91 Å². The van der Waals surface area contributed by atoms with Crippen LogP contribution in [-0.2, 0) is 4.79 Å². The number of likely N-dealkylation sites (N-methyl/N-ethyl adjacent to an activating group) is 1. The lowest BCUT2D eigenvalue weighted by Crippen LogP contribution is -2.46. The highest BCUT2D eigenvalue weighted by atomic mass is 35.5. The minimum Gasteiger partial charge on any atom is -0.348 e. The van der Waals surface area contributed by atoms with Gasteiger partial charge < -0.3 is 9.80 Å². The van der Waals surface area contributed by atoms with Crippen LogP contribution >= 0.6 is 35.0 Å². The van der Waals surface area contributed by atoms with Gasteiger partial charge in [0.25, 0.3) is 5.91 Å². The minimum atomic E-state index is -0.204. The van der Waals surface area contributed by atoms with Gasteiger partial charge in [-0.25, -0.2) is 0 Å². The van der Waals surface area contributed by atoms with Gasteiger partial charge in [0, 0.05) is 36.2 Å². The van der Waals surface area contributed by atoms with Crippen LogP contribution in [0.2, 0.25) is 10.0 Å². The maximum atomic E-state index is 12.1. The molecule has 7 heteroatoms. The Bertz CT molecular complexity index is 667. The number of rotatable bonds is 1. The highest BCUT2D eigenvalue weighted by Gasteiger charge is 2.27. The summed E-state index contributed by atoms with van der Waals surface area (Å²) in [6.45, 7) is 3.75. The molecule has 1 saturated heterocycles. The molecular formula is C15H15Cl2N3OS. The van der Waals surface area contributed by atoms with Crippen LogP contribution in [0.15, 0.2) is 28.1 Å². The Kier molecular flexibility index (Phi) is 4.78. The standard InChI is InChI=1S/C15H15Cl2N3OS/c1-19-4-6-20(7-5-19)15-18-14(21)13(22-15)8-10-2-3-11(16)9-12(10)17/h2-3,8-9H,4-7H2,1H3. The van der Waals surface area contributed by atoms with Gasteiger partial charge in [0.2, 0.25) is 0 Å². The molecule has 1 aromatic carbocycles. The van der Waals surface area contributed by atoms with Gasteiger partial charge in [-0.1, -0.05) is 29.3 Å². The first-order chi connectivity index (χ1) is 10.5. The van der Waals surface area contributed by atoms with Gasteiger partial charge in [-0.05, 0) is 42.6 Å². The van der Waals surface area contributed by atoms with Crippen LogP contribution in [0.5, 0.6) is 0 Å². The smallest absolute Gasteiger partial charge is 0.286 e. The number of carbonyl (C=O) groups is 1. The molecule has 0 unspecified atom stereocenters.